The van der Waals surface area contributed by atoms with Gasteiger partial charge in [0.1, 0.15) is 0 Å². The molecule has 1 saturated heterocycles. The van der Waals surface area contributed by atoms with E-state index in [1.807, 2.05) is 31.2 Å². The van der Waals surface area contributed by atoms with Crippen LogP contribution in [0, 0.1) is 0 Å². The summed E-state index contributed by atoms with van der Waals surface area (Å²) in [6.45, 7) is 7.02. The first kappa shape index (κ1) is 19.9. The largest absolute Gasteiger partial charge is 0.379 e. The van der Waals surface area contributed by atoms with Crippen LogP contribution >= 0.6 is 15.9 Å². The van der Waals surface area contributed by atoms with Crippen molar-refractivity contribution < 1.29 is 9.53 Å². The molecule has 0 saturated carbocycles. The van der Waals surface area contributed by atoms with Crippen molar-refractivity contribution in [3.8, 4) is 0 Å². The minimum absolute atomic E-state index is 0.0727. The summed E-state index contributed by atoms with van der Waals surface area (Å²) < 4.78 is 6.38. The summed E-state index contributed by atoms with van der Waals surface area (Å²) >= 11 is 3.52. The first-order chi connectivity index (χ1) is 13.1. The van der Waals surface area contributed by atoms with Gasteiger partial charge in [0.2, 0.25) is 0 Å². The molecular weight excluding hydrogens is 406 g/mol. The maximum Gasteiger partial charge on any atom is 0.315 e. The molecule has 0 spiro atoms. The Bertz CT molecular complexity index is 745. The second kappa shape index (κ2) is 9.88. The Morgan fingerprint density at radius 3 is 2.48 bits per heavy atom. The van der Waals surface area contributed by atoms with Crippen molar-refractivity contribution in [1.29, 1.82) is 0 Å². The highest BCUT2D eigenvalue weighted by atomic mass is 79.9. The summed E-state index contributed by atoms with van der Waals surface area (Å²) in [7, 11) is 0. The van der Waals surface area contributed by atoms with Crippen molar-refractivity contribution in [3.63, 3.8) is 0 Å². The molecule has 6 heteroatoms. The van der Waals surface area contributed by atoms with E-state index in [1.54, 1.807) is 0 Å². The number of hydrogen-bond acceptors (Lipinski definition) is 3. The van der Waals surface area contributed by atoms with Gasteiger partial charge in [-0.25, -0.2) is 4.79 Å². The fourth-order valence-corrected chi connectivity index (χ4v) is 3.74. The molecule has 2 amide bonds. The fourth-order valence-electron chi connectivity index (χ4n) is 3.11. The third kappa shape index (κ3) is 6.06. The summed E-state index contributed by atoms with van der Waals surface area (Å²) in [6.07, 6.45) is 0. The summed E-state index contributed by atoms with van der Waals surface area (Å²) in [5.74, 6) is 0. The maximum absolute atomic E-state index is 12.2. The third-order valence-corrected chi connectivity index (χ3v) is 5.43. The fraction of sp³-hybridized carbons (Fsp3) is 0.381. The Morgan fingerprint density at radius 1 is 1.11 bits per heavy atom. The van der Waals surface area contributed by atoms with Gasteiger partial charge in [-0.2, -0.15) is 0 Å². The molecule has 3 rings (SSSR count). The number of ether oxygens (including phenoxy) is 1. The van der Waals surface area contributed by atoms with Crippen LogP contribution < -0.4 is 10.6 Å². The summed E-state index contributed by atoms with van der Waals surface area (Å²) in [5.41, 5.74) is 3.43. The summed E-state index contributed by atoms with van der Waals surface area (Å²) in [6, 6.07) is 16.1. The molecule has 1 aliphatic heterocycles. The molecular formula is C21H26BrN3O2. The molecule has 0 unspecified atom stereocenters. The molecule has 0 radical (unpaired) electrons. The van der Waals surface area contributed by atoms with E-state index >= 15 is 0 Å². The van der Waals surface area contributed by atoms with Gasteiger partial charge < -0.3 is 15.4 Å². The van der Waals surface area contributed by atoms with Crippen molar-refractivity contribution >= 4 is 22.0 Å². The zero-order valence-electron chi connectivity index (χ0n) is 15.6. The highest BCUT2D eigenvalue weighted by Crippen LogP contribution is 2.22. The Labute approximate surface area is 169 Å². The summed E-state index contributed by atoms with van der Waals surface area (Å²) in [4.78, 5) is 14.6. The molecule has 1 fully saturated rings. The predicted molar refractivity (Wildman–Crippen MR) is 110 cm³/mol. The van der Waals surface area contributed by atoms with Crippen molar-refractivity contribution in [2.45, 2.75) is 26.1 Å². The minimum Gasteiger partial charge on any atom is -0.379 e. The van der Waals surface area contributed by atoms with Crippen LogP contribution in [0.15, 0.2) is 53.0 Å². The van der Waals surface area contributed by atoms with Crippen LogP contribution in [0.1, 0.15) is 29.7 Å². The van der Waals surface area contributed by atoms with E-state index in [0.29, 0.717) is 6.54 Å². The predicted octanol–water partition coefficient (Wildman–Crippen LogP) is 3.84. The van der Waals surface area contributed by atoms with Crippen LogP contribution in [0.5, 0.6) is 0 Å². The topological polar surface area (TPSA) is 53.6 Å². The number of amides is 2. The van der Waals surface area contributed by atoms with Crippen molar-refractivity contribution in [1.82, 2.24) is 15.5 Å². The zero-order valence-corrected chi connectivity index (χ0v) is 17.2. The monoisotopic (exact) mass is 431 g/mol. The lowest BCUT2D eigenvalue weighted by Crippen LogP contribution is -2.36. The highest BCUT2D eigenvalue weighted by Gasteiger charge is 2.12. The van der Waals surface area contributed by atoms with Crippen LogP contribution in [0.25, 0.3) is 0 Å². The molecule has 0 aromatic heterocycles. The Kier molecular flexibility index (Phi) is 7.26. The quantitative estimate of drug-likeness (QED) is 0.730. The van der Waals surface area contributed by atoms with E-state index in [2.05, 4.69) is 55.7 Å². The number of morpholine rings is 1. The van der Waals surface area contributed by atoms with E-state index in [1.165, 1.54) is 5.56 Å². The number of halogens is 1. The number of hydrogen-bond donors (Lipinski definition) is 2. The van der Waals surface area contributed by atoms with Crippen molar-refractivity contribution in [2.24, 2.45) is 0 Å². The molecule has 1 atom stereocenters. The SMILES string of the molecule is C[C@@H](NC(=O)NCc1ccc(CN2CCOCC2)cc1)c1ccccc1Br. The molecule has 5 nitrogen and oxygen atoms in total. The van der Waals surface area contributed by atoms with Gasteiger partial charge in [-0.1, -0.05) is 58.4 Å². The molecule has 2 aromatic carbocycles. The van der Waals surface area contributed by atoms with Gasteiger partial charge in [0, 0.05) is 30.7 Å². The van der Waals surface area contributed by atoms with Crippen LogP contribution in [-0.4, -0.2) is 37.2 Å². The van der Waals surface area contributed by atoms with Crippen LogP contribution in [0.4, 0.5) is 4.79 Å². The smallest absolute Gasteiger partial charge is 0.315 e. The van der Waals surface area contributed by atoms with Gasteiger partial charge in [-0.15, -0.1) is 0 Å². The summed E-state index contributed by atoms with van der Waals surface area (Å²) in [5, 5.41) is 5.90. The van der Waals surface area contributed by atoms with Crippen molar-refractivity contribution in [3.05, 3.63) is 69.7 Å². The van der Waals surface area contributed by atoms with Gasteiger partial charge in [0.15, 0.2) is 0 Å². The normalized spacial score (nSPS) is 15.9. The number of carbonyl (C=O) groups excluding carboxylic acids is 1. The lowest BCUT2D eigenvalue weighted by Gasteiger charge is -2.26. The maximum atomic E-state index is 12.2. The van der Waals surface area contributed by atoms with Crippen LogP contribution in [0.2, 0.25) is 0 Å². The number of nitrogens with zero attached hydrogens (tertiary/aromatic N) is 1. The second-order valence-electron chi connectivity index (χ2n) is 6.78. The molecule has 2 aromatic rings. The van der Waals surface area contributed by atoms with Crippen molar-refractivity contribution in [2.75, 3.05) is 26.3 Å². The van der Waals surface area contributed by atoms with Gasteiger partial charge in [0.05, 0.1) is 19.3 Å². The Hall–Kier alpha value is -1.89. The van der Waals surface area contributed by atoms with E-state index in [0.717, 1.165) is 48.4 Å². The first-order valence-electron chi connectivity index (χ1n) is 9.28. The lowest BCUT2D eigenvalue weighted by atomic mass is 10.1. The van der Waals surface area contributed by atoms with E-state index in [9.17, 15) is 4.79 Å². The minimum atomic E-state index is -0.171. The Balaban J connectivity index is 1.45. The lowest BCUT2D eigenvalue weighted by molar-refractivity contribution is 0.0342. The molecule has 1 aliphatic rings. The highest BCUT2D eigenvalue weighted by molar-refractivity contribution is 9.10. The average molecular weight is 432 g/mol. The van der Waals surface area contributed by atoms with Gasteiger partial charge >= 0.3 is 6.03 Å². The van der Waals surface area contributed by atoms with E-state index in [4.69, 9.17) is 4.74 Å². The molecule has 0 bridgehead atoms. The first-order valence-corrected chi connectivity index (χ1v) is 10.1. The molecule has 144 valence electrons. The standard InChI is InChI=1S/C21H26BrN3O2/c1-16(19-4-2-3-5-20(19)22)24-21(26)23-14-17-6-8-18(9-7-17)15-25-10-12-27-13-11-25/h2-9,16H,10-15H2,1H3,(H2,23,24,26)/t16-/m1/s1. The van der Waals surface area contributed by atoms with Gasteiger partial charge in [-0.3, -0.25) is 4.90 Å². The third-order valence-electron chi connectivity index (χ3n) is 4.71. The van der Waals surface area contributed by atoms with Crippen LogP contribution in [0.3, 0.4) is 0 Å². The van der Waals surface area contributed by atoms with E-state index < -0.39 is 0 Å². The zero-order chi connectivity index (χ0) is 19.1. The van der Waals surface area contributed by atoms with Gasteiger partial charge in [-0.05, 0) is 29.7 Å². The van der Waals surface area contributed by atoms with Gasteiger partial charge in [0.25, 0.3) is 0 Å². The number of benzene rings is 2. The molecule has 0 aliphatic carbocycles. The average Bonchev–Trinajstić information content (AvgIpc) is 2.68. The number of urea groups is 1. The second-order valence-corrected chi connectivity index (χ2v) is 7.63. The number of nitrogens with one attached hydrogen (secondary N) is 2. The molecule has 27 heavy (non-hydrogen) atoms. The molecule has 2 N–H and O–H groups in total. The Morgan fingerprint density at radius 2 is 1.78 bits per heavy atom. The number of rotatable bonds is 6. The number of carbonyl (C=O) groups is 1. The molecule has 1 heterocycles. The van der Waals surface area contributed by atoms with Crippen LogP contribution in [-0.2, 0) is 17.8 Å². The van der Waals surface area contributed by atoms with E-state index in [-0.39, 0.29) is 12.1 Å².